The molecule has 8 heteroatoms. The highest BCUT2D eigenvalue weighted by molar-refractivity contribution is 6.32. The first-order valence-corrected chi connectivity index (χ1v) is 7.54. The van der Waals surface area contributed by atoms with E-state index in [2.05, 4.69) is 35.1 Å². The molecular formula is C14H18ClN7. The van der Waals surface area contributed by atoms with Crippen molar-refractivity contribution in [3.8, 4) is 0 Å². The zero-order chi connectivity index (χ0) is 15.5. The van der Waals surface area contributed by atoms with Gasteiger partial charge in [-0.3, -0.25) is 0 Å². The molecule has 0 radical (unpaired) electrons. The number of nitrogens with zero attached hydrogens (tertiary/aromatic N) is 6. The van der Waals surface area contributed by atoms with Crippen LogP contribution in [0.3, 0.4) is 0 Å². The molecule has 22 heavy (non-hydrogen) atoms. The maximum absolute atomic E-state index is 6.12. The summed E-state index contributed by atoms with van der Waals surface area (Å²) in [4.78, 5) is 21.5. The summed E-state index contributed by atoms with van der Waals surface area (Å²) in [6, 6.07) is 1.95. The molecule has 0 aromatic carbocycles. The van der Waals surface area contributed by atoms with Gasteiger partial charge in [-0.2, -0.15) is 0 Å². The maximum atomic E-state index is 6.12. The van der Waals surface area contributed by atoms with Gasteiger partial charge in [0, 0.05) is 39.4 Å². The molecule has 1 fully saturated rings. The number of nitrogens with one attached hydrogen (secondary N) is 1. The number of anilines is 3. The van der Waals surface area contributed by atoms with Crippen LogP contribution in [0.15, 0.2) is 18.6 Å². The molecule has 0 spiro atoms. The van der Waals surface area contributed by atoms with E-state index in [0.717, 1.165) is 49.3 Å². The minimum atomic E-state index is 0.446. The van der Waals surface area contributed by atoms with E-state index in [-0.39, 0.29) is 0 Å². The summed E-state index contributed by atoms with van der Waals surface area (Å²) in [5, 5.41) is 3.52. The molecule has 2 aromatic rings. The average molecular weight is 320 g/mol. The number of halogens is 1. The summed E-state index contributed by atoms with van der Waals surface area (Å²) in [6.45, 7) is 5.36. The van der Waals surface area contributed by atoms with Gasteiger partial charge in [0.1, 0.15) is 23.7 Å². The number of aromatic nitrogens is 4. The van der Waals surface area contributed by atoms with E-state index < -0.39 is 0 Å². The number of aryl methyl sites for hydroxylation is 1. The van der Waals surface area contributed by atoms with Gasteiger partial charge < -0.3 is 15.1 Å². The lowest BCUT2D eigenvalue weighted by molar-refractivity contribution is 0.640. The summed E-state index contributed by atoms with van der Waals surface area (Å²) in [7, 11) is 1.83. The third-order valence-corrected chi connectivity index (χ3v) is 3.98. The van der Waals surface area contributed by atoms with Gasteiger partial charge in [-0.15, -0.1) is 0 Å². The Balaban J connectivity index is 1.73. The quantitative estimate of drug-likeness (QED) is 0.862. The van der Waals surface area contributed by atoms with Gasteiger partial charge in [0.15, 0.2) is 11.0 Å². The first-order valence-electron chi connectivity index (χ1n) is 7.17. The summed E-state index contributed by atoms with van der Waals surface area (Å²) >= 11 is 6.12. The Hall–Kier alpha value is -2.15. The molecule has 0 aliphatic carbocycles. The summed E-state index contributed by atoms with van der Waals surface area (Å²) in [6.07, 6.45) is 3.30. The number of hydrogen-bond acceptors (Lipinski definition) is 7. The Morgan fingerprint density at radius 2 is 1.82 bits per heavy atom. The minimum Gasteiger partial charge on any atom is -0.383 e. The number of piperazine rings is 1. The van der Waals surface area contributed by atoms with E-state index in [1.54, 1.807) is 6.20 Å². The monoisotopic (exact) mass is 319 g/mol. The maximum Gasteiger partial charge on any atom is 0.157 e. The second-order valence-corrected chi connectivity index (χ2v) is 5.41. The van der Waals surface area contributed by atoms with Gasteiger partial charge in [0.25, 0.3) is 0 Å². The van der Waals surface area contributed by atoms with Crippen molar-refractivity contribution >= 4 is 28.9 Å². The van der Waals surface area contributed by atoms with Crippen molar-refractivity contribution in [1.82, 2.24) is 19.9 Å². The fraction of sp³-hybridized carbons (Fsp3) is 0.429. The summed E-state index contributed by atoms with van der Waals surface area (Å²) in [5.41, 5.74) is 0.774. The highest BCUT2D eigenvalue weighted by Crippen LogP contribution is 2.29. The second-order valence-electron chi connectivity index (χ2n) is 5.05. The van der Waals surface area contributed by atoms with Crippen molar-refractivity contribution in [3.63, 3.8) is 0 Å². The topological polar surface area (TPSA) is 70.1 Å². The third kappa shape index (κ3) is 2.89. The van der Waals surface area contributed by atoms with Crippen LogP contribution in [0.1, 0.15) is 5.82 Å². The van der Waals surface area contributed by atoms with Crippen LogP contribution in [0.25, 0.3) is 0 Å². The van der Waals surface area contributed by atoms with Crippen molar-refractivity contribution in [2.45, 2.75) is 6.92 Å². The van der Waals surface area contributed by atoms with E-state index in [1.165, 1.54) is 6.33 Å². The molecule has 1 aliphatic heterocycles. The van der Waals surface area contributed by atoms with Crippen LogP contribution >= 0.6 is 11.6 Å². The lowest BCUT2D eigenvalue weighted by Crippen LogP contribution is -2.47. The Labute approximate surface area is 134 Å². The van der Waals surface area contributed by atoms with E-state index in [1.807, 2.05) is 20.0 Å². The Morgan fingerprint density at radius 3 is 2.50 bits per heavy atom. The summed E-state index contributed by atoms with van der Waals surface area (Å²) in [5.74, 6) is 2.61. The van der Waals surface area contributed by atoms with Crippen LogP contribution in [0.4, 0.5) is 17.3 Å². The largest absolute Gasteiger partial charge is 0.383 e. The average Bonchev–Trinajstić information content (AvgIpc) is 2.55. The lowest BCUT2D eigenvalue weighted by atomic mass is 10.3. The molecule has 3 heterocycles. The molecule has 0 bridgehead atoms. The molecule has 0 unspecified atom stereocenters. The van der Waals surface area contributed by atoms with Gasteiger partial charge >= 0.3 is 0 Å². The van der Waals surface area contributed by atoms with Gasteiger partial charge in [0.05, 0.1) is 0 Å². The van der Waals surface area contributed by atoms with Crippen LogP contribution in [-0.4, -0.2) is 53.2 Å². The van der Waals surface area contributed by atoms with E-state index in [0.29, 0.717) is 5.15 Å². The van der Waals surface area contributed by atoms with Crippen LogP contribution in [-0.2, 0) is 0 Å². The van der Waals surface area contributed by atoms with Crippen LogP contribution in [0, 0.1) is 6.92 Å². The Kier molecular flexibility index (Phi) is 4.24. The number of rotatable bonds is 3. The van der Waals surface area contributed by atoms with Crippen molar-refractivity contribution in [2.24, 2.45) is 0 Å². The van der Waals surface area contributed by atoms with Gasteiger partial charge in [0.2, 0.25) is 0 Å². The first kappa shape index (κ1) is 14.8. The molecule has 3 rings (SSSR count). The Morgan fingerprint density at radius 1 is 1.09 bits per heavy atom. The second kappa shape index (κ2) is 6.31. The molecule has 0 amide bonds. The van der Waals surface area contributed by atoms with Crippen molar-refractivity contribution in [2.75, 3.05) is 48.3 Å². The minimum absolute atomic E-state index is 0.446. The molecule has 116 valence electrons. The molecular weight excluding hydrogens is 302 g/mol. The fourth-order valence-corrected chi connectivity index (χ4v) is 2.80. The normalized spacial score (nSPS) is 15.0. The predicted molar refractivity (Wildman–Crippen MR) is 87.8 cm³/mol. The van der Waals surface area contributed by atoms with Gasteiger partial charge in [-0.1, -0.05) is 11.6 Å². The lowest BCUT2D eigenvalue weighted by Gasteiger charge is -2.36. The number of hydrogen-bond donors (Lipinski definition) is 1. The zero-order valence-corrected chi connectivity index (χ0v) is 13.4. The Bertz CT molecular complexity index is 655. The van der Waals surface area contributed by atoms with Crippen LogP contribution in [0.2, 0.25) is 5.15 Å². The molecule has 2 aromatic heterocycles. The van der Waals surface area contributed by atoms with E-state index >= 15 is 0 Å². The van der Waals surface area contributed by atoms with Crippen molar-refractivity contribution in [3.05, 3.63) is 29.6 Å². The molecule has 1 aliphatic rings. The van der Waals surface area contributed by atoms with Gasteiger partial charge in [-0.05, 0) is 13.0 Å². The van der Waals surface area contributed by atoms with E-state index in [9.17, 15) is 0 Å². The smallest absolute Gasteiger partial charge is 0.157 e. The molecule has 7 nitrogen and oxygen atoms in total. The van der Waals surface area contributed by atoms with Crippen molar-refractivity contribution < 1.29 is 0 Å². The van der Waals surface area contributed by atoms with E-state index in [4.69, 9.17) is 11.6 Å². The first-order chi connectivity index (χ1) is 10.7. The molecule has 0 atom stereocenters. The van der Waals surface area contributed by atoms with Crippen LogP contribution < -0.4 is 15.1 Å². The predicted octanol–water partition coefficient (Wildman–Crippen LogP) is 1.60. The van der Waals surface area contributed by atoms with Crippen molar-refractivity contribution in [1.29, 1.82) is 0 Å². The molecule has 1 N–H and O–H groups in total. The third-order valence-electron chi connectivity index (χ3n) is 3.70. The highest BCUT2D eigenvalue weighted by Gasteiger charge is 2.22. The highest BCUT2D eigenvalue weighted by atomic mass is 35.5. The standard InChI is InChI=1S/C14H18ClN7/c1-10-17-4-3-11(20-10)21-5-7-22(8-6-21)14-12(16-2)13(15)18-9-19-14/h3-4,9,16H,5-8H2,1-2H3. The summed E-state index contributed by atoms with van der Waals surface area (Å²) < 4.78 is 0. The molecule has 0 saturated carbocycles. The SMILES string of the molecule is CNc1c(Cl)ncnc1N1CCN(c2ccnc(C)n2)CC1. The fourth-order valence-electron chi connectivity index (χ4n) is 2.58. The molecule has 1 saturated heterocycles. The van der Waals surface area contributed by atoms with Gasteiger partial charge in [-0.25, -0.2) is 19.9 Å². The zero-order valence-electron chi connectivity index (χ0n) is 12.6. The van der Waals surface area contributed by atoms with Crippen LogP contribution in [0.5, 0.6) is 0 Å².